The molecule has 0 saturated heterocycles. The maximum Gasteiger partial charge on any atom is 0.265 e. The molecule has 2 N–H and O–H groups in total. The predicted molar refractivity (Wildman–Crippen MR) is 37.0 cm³/mol. The van der Waals surface area contributed by atoms with E-state index >= 15 is 0 Å². The Balaban J connectivity index is 3.02. The zero-order valence-electron chi connectivity index (χ0n) is 6.10. The number of alkyl halides is 2. The molecule has 2 nitrogen and oxygen atoms in total. The molecule has 0 aliphatic rings. The van der Waals surface area contributed by atoms with Crippen molar-refractivity contribution in [3.05, 3.63) is 29.3 Å². The Labute approximate surface area is 67.2 Å². The summed E-state index contributed by atoms with van der Waals surface area (Å²) in [6, 6.07) is 0.750. The molecule has 66 valence electrons. The number of pyridine rings is 1. The van der Waals surface area contributed by atoms with E-state index in [1.807, 2.05) is 0 Å². The van der Waals surface area contributed by atoms with Gasteiger partial charge in [0.1, 0.15) is 5.82 Å². The van der Waals surface area contributed by atoms with Gasteiger partial charge >= 0.3 is 0 Å². The first kappa shape index (κ1) is 8.99. The predicted octanol–water partition coefficient (Wildman–Crippen LogP) is 1.62. The van der Waals surface area contributed by atoms with Gasteiger partial charge in [0.05, 0.1) is 5.69 Å². The minimum atomic E-state index is -2.70. The molecule has 0 fully saturated rings. The summed E-state index contributed by atoms with van der Waals surface area (Å²) in [7, 11) is 0. The summed E-state index contributed by atoms with van der Waals surface area (Å²) in [6.45, 7) is -0.0879. The van der Waals surface area contributed by atoms with Crippen molar-refractivity contribution in [3.8, 4) is 0 Å². The molecule has 0 aromatic carbocycles. The van der Waals surface area contributed by atoms with Gasteiger partial charge in [-0.2, -0.15) is 0 Å². The molecule has 0 aliphatic heterocycles. The summed E-state index contributed by atoms with van der Waals surface area (Å²) in [5.41, 5.74) is 4.66. The van der Waals surface area contributed by atoms with Crippen LogP contribution in [0.25, 0.3) is 0 Å². The molecule has 1 rings (SSSR count). The number of hydrogen-bond donors (Lipinski definition) is 1. The second-order valence-corrected chi connectivity index (χ2v) is 2.20. The van der Waals surface area contributed by atoms with Crippen molar-refractivity contribution in [1.29, 1.82) is 0 Å². The molecular weight excluding hydrogens is 169 g/mol. The molecule has 5 heteroatoms. The van der Waals surface area contributed by atoms with E-state index in [4.69, 9.17) is 5.73 Å². The zero-order chi connectivity index (χ0) is 9.14. The Hall–Kier alpha value is -1.10. The lowest BCUT2D eigenvalue weighted by Crippen LogP contribution is -2.03. The average Bonchev–Trinajstić information content (AvgIpc) is 2.04. The maximum absolute atomic E-state index is 12.7. The second kappa shape index (κ2) is 3.53. The number of halogens is 3. The van der Waals surface area contributed by atoms with Gasteiger partial charge in [0.2, 0.25) is 0 Å². The van der Waals surface area contributed by atoms with Crippen LogP contribution < -0.4 is 5.73 Å². The van der Waals surface area contributed by atoms with Crippen LogP contribution in [0.3, 0.4) is 0 Å². The lowest BCUT2D eigenvalue weighted by molar-refractivity contribution is 0.150. The molecule has 0 unspecified atom stereocenters. The quantitative estimate of drug-likeness (QED) is 0.743. The molecule has 0 atom stereocenters. The van der Waals surface area contributed by atoms with Crippen LogP contribution in [-0.4, -0.2) is 4.98 Å². The summed E-state index contributed by atoms with van der Waals surface area (Å²) in [5, 5.41) is 0. The first-order valence-electron chi connectivity index (χ1n) is 3.27. The summed E-state index contributed by atoms with van der Waals surface area (Å²) in [5.74, 6) is -0.782. The van der Waals surface area contributed by atoms with Gasteiger partial charge in [-0.3, -0.25) is 4.98 Å². The third-order valence-electron chi connectivity index (χ3n) is 1.38. The number of nitrogens with zero attached hydrogens (tertiary/aromatic N) is 1. The molecule has 1 aromatic rings. The fraction of sp³-hybridized carbons (Fsp3) is 0.286. The summed E-state index contributed by atoms with van der Waals surface area (Å²) in [6.07, 6.45) is -1.77. The molecule has 0 amide bonds. The Bertz CT molecular complexity index is 275. The third kappa shape index (κ3) is 1.73. The van der Waals surface area contributed by atoms with Crippen LogP contribution >= 0.6 is 0 Å². The van der Waals surface area contributed by atoms with Gasteiger partial charge in [-0.05, 0) is 6.07 Å². The molecule has 12 heavy (non-hydrogen) atoms. The van der Waals surface area contributed by atoms with Crippen LogP contribution in [0, 0.1) is 5.82 Å². The van der Waals surface area contributed by atoms with Crippen molar-refractivity contribution < 1.29 is 13.2 Å². The standard InChI is InChI=1S/C7H7F3N2/c8-5-1-4(7(9)10)3-12-6(5)2-11/h1,3,7H,2,11H2. The molecular formula is C7H7F3N2. The lowest BCUT2D eigenvalue weighted by atomic mass is 10.2. The smallest absolute Gasteiger partial charge is 0.265 e. The number of hydrogen-bond acceptors (Lipinski definition) is 2. The van der Waals surface area contributed by atoms with E-state index in [0.717, 1.165) is 12.3 Å². The van der Waals surface area contributed by atoms with Crippen molar-refractivity contribution in [2.75, 3.05) is 0 Å². The van der Waals surface area contributed by atoms with Gasteiger partial charge in [-0.25, -0.2) is 13.2 Å². The van der Waals surface area contributed by atoms with Gasteiger partial charge in [0, 0.05) is 18.3 Å². The Morgan fingerprint density at radius 2 is 2.17 bits per heavy atom. The Morgan fingerprint density at radius 1 is 1.50 bits per heavy atom. The van der Waals surface area contributed by atoms with Crippen molar-refractivity contribution in [2.45, 2.75) is 13.0 Å². The topological polar surface area (TPSA) is 38.9 Å². The largest absolute Gasteiger partial charge is 0.325 e. The highest BCUT2D eigenvalue weighted by molar-refractivity contribution is 5.16. The van der Waals surface area contributed by atoms with Gasteiger partial charge in [-0.1, -0.05) is 0 Å². The highest BCUT2D eigenvalue weighted by Gasteiger charge is 2.10. The minimum Gasteiger partial charge on any atom is -0.325 e. The van der Waals surface area contributed by atoms with E-state index < -0.39 is 17.8 Å². The van der Waals surface area contributed by atoms with Crippen molar-refractivity contribution >= 4 is 0 Å². The van der Waals surface area contributed by atoms with Gasteiger partial charge in [0.15, 0.2) is 0 Å². The second-order valence-electron chi connectivity index (χ2n) is 2.20. The highest BCUT2D eigenvalue weighted by Crippen LogP contribution is 2.18. The number of rotatable bonds is 2. The molecule has 0 spiro atoms. The molecule has 0 radical (unpaired) electrons. The Kier molecular flexibility index (Phi) is 2.65. The van der Waals surface area contributed by atoms with Gasteiger partial charge in [-0.15, -0.1) is 0 Å². The van der Waals surface area contributed by atoms with Crippen LogP contribution in [0.5, 0.6) is 0 Å². The number of nitrogens with two attached hydrogens (primary N) is 1. The SMILES string of the molecule is NCc1ncc(C(F)F)cc1F. The molecule has 1 aromatic heterocycles. The minimum absolute atomic E-state index is 0.000556. The summed E-state index contributed by atoms with van der Waals surface area (Å²) in [4.78, 5) is 3.44. The third-order valence-corrected chi connectivity index (χ3v) is 1.38. The van der Waals surface area contributed by atoms with Gasteiger partial charge in [0.25, 0.3) is 6.43 Å². The molecule has 0 saturated carbocycles. The van der Waals surface area contributed by atoms with E-state index in [-0.39, 0.29) is 12.2 Å². The van der Waals surface area contributed by atoms with Crippen LogP contribution in [0.2, 0.25) is 0 Å². The maximum atomic E-state index is 12.7. The molecule has 0 bridgehead atoms. The lowest BCUT2D eigenvalue weighted by Gasteiger charge is -2.01. The van der Waals surface area contributed by atoms with Crippen molar-refractivity contribution in [2.24, 2.45) is 5.73 Å². The van der Waals surface area contributed by atoms with E-state index in [0.29, 0.717) is 0 Å². The van der Waals surface area contributed by atoms with E-state index in [2.05, 4.69) is 4.98 Å². The van der Waals surface area contributed by atoms with Crippen LogP contribution in [0.1, 0.15) is 17.7 Å². The highest BCUT2D eigenvalue weighted by atomic mass is 19.3. The fourth-order valence-electron chi connectivity index (χ4n) is 0.751. The average molecular weight is 176 g/mol. The molecule has 0 aliphatic carbocycles. The van der Waals surface area contributed by atoms with Crippen molar-refractivity contribution in [3.63, 3.8) is 0 Å². The fourth-order valence-corrected chi connectivity index (χ4v) is 0.751. The molecule has 1 heterocycles. The Morgan fingerprint density at radius 3 is 2.58 bits per heavy atom. The van der Waals surface area contributed by atoms with Crippen molar-refractivity contribution in [1.82, 2.24) is 4.98 Å². The van der Waals surface area contributed by atoms with Crippen LogP contribution in [-0.2, 0) is 6.54 Å². The van der Waals surface area contributed by atoms with Crippen LogP contribution in [0.15, 0.2) is 12.3 Å². The van der Waals surface area contributed by atoms with E-state index in [9.17, 15) is 13.2 Å². The summed E-state index contributed by atoms with van der Waals surface area (Å²) >= 11 is 0. The number of aromatic nitrogens is 1. The van der Waals surface area contributed by atoms with Crippen LogP contribution in [0.4, 0.5) is 13.2 Å². The van der Waals surface area contributed by atoms with E-state index in [1.54, 1.807) is 0 Å². The van der Waals surface area contributed by atoms with E-state index in [1.165, 1.54) is 0 Å². The zero-order valence-corrected chi connectivity index (χ0v) is 6.10. The monoisotopic (exact) mass is 176 g/mol. The first-order valence-corrected chi connectivity index (χ1v) is 3.27. The normalized spacial score (nSPS) is 10.8. The summed E-state index contributed by atoms with van der Waals surface area (Å²) < 4.78 is 36.6. The first-order chi connectivity index (χ1) is 5.65. The van der Waals surface area contributed by atoms with Gasteiger partial charge < -0.3 is 5.73 Å².